The first-order valence-electron chi connectivity index (χ1n) is 4.65. The smallest absolute Gasteiger partial charge is 0.352 e. The van der Waals surface area contributed by atoms with Gasteiger partial charge in [-0.3, -0.25) is 0 Å². The van der Waals surface area contributed by atoms with E-state index in [0.717, 1.165) is 18.2 Å². The predicted molar refractivity (Wildman–Crippen MR) is 54.9 cm³/mol. The number of rotatable bonds is 5. The molecule has 0 saturated carbocycles. The van der Waals surface area contributed by atoms with Gasteiger partial charge in [-0.1, -0.05) is 12.1 Å². The molecular formula is C10H17NO3. The molecule has 0 heterocycles. The van der Waals surface area contributed by atoms with Gasteiger partial charge in [-0.05, 0) is 32.8 Å². The summed E-state index contributed by atoms with van der Waals surface area (Å²) in [6, 6.07) is 0. The van der Waals surface area contributed by atoms with E-state index in [9.17, 15) is 4.79 Å². The van der Waals surface area contributed by atoms with Crippen molar-refractivity contribution in [1.29, 1.82) is 0 Å². The Bertz CT molecular complexity index is 244. The van der Waals surface area contributed by atoms with Crippen molar-refractivity contribution in [3.05, 3.63) is 11.3 Å². The number of esters is 1. The lowest BCUT2D eigenvalue weighted by Gasteiger charge is -2.01. The first-order valence-corrected chi connectivity index (χ1v) is 4.65. The minimum absolute atomic E-state index is 0.341. The molecule has 0 aromatic carbocycles. The van der Waals surface area contributed by atoms with Crippen LogP contribution in [0.4, 0.5) is 0 Å². The highest BCUT2D eigenvalue weighted by molar-refractivity contribution is 6.22. The number of nitrogens with zero attached hydrogens (tertiary/aromatic N) is 1. The van der Waals surface area contributed by atoms with Crippen molar-refractivity contribution in [2.24, 2.45) is 5.16 Å². The van der Waals surface area contributed by atoms with E-state index < -0.39 is 5.97 Å². The van der Waals surface area contributed by atoms with E-state index in [0.29, 0.717) is 12.4 Å². The van der Waals surface area contributed by atoms with Crippen molar-refractivity contribution in [1.82, 2.24) is 0 Å². The lowest BCUT2D eigenvalue weighted by Crippen LogP contribution is -2.05. The van der Waals surface area contributed by atoms with E-state index in [2.05, 4.69) is 9.89 Å². The molecule has 0 aliphatic rings. The Labute approximate surface area is 84.6 Å². The second-order valence-corrected chi connectivity index (χ2v) is 2.77. The van der Waals surface area contributed by atoms with E-state index in [1.54, 1.807) is 13.8 Å². The topological polar surface area (TPSA) is 47.9 Å². The van der Waals surface area contributed by atoms with Crippen LogP contribution in [0, 0.1) is 0 Å². The molecule has 0 aliphatic heterocycles. The highest BCUT2D eigenvalue weighted by Gasteiger charge is 1.97. The fourth-order valence-electron chi connectivity index (χ4n) is 0.655. The Hall–Kier alpha value is -1.32. The summed E-state index contributed by atoms with van der Waals surface area (Å²) >= 11 is 0. The maximum atomic E-state index is 10.8. The normalized spacial score (nSPS) is 12.6. The summed E-state index contributed by atoms with van der Waals surface area (Å²) in [5.41, 5.74) is 1.10. The van der Waals surface area contributed by atoms with Crippen molar-refractivity contribution in [3.63, 3.8) is 0 Å². The second-order valence-electron chi connectivity index (χ2n) is 2.77. The number of hydrogen-bond acceptors (Lipinski definition) is 4. The number of ether oxygens (including phenoxy) is 1. The van der Waals surface area contributed by atoms with E-state index in [-0.39, 0.29) is 0 Å². The van der Waals surface area contributed by atoms with Crippen LogP contribution in [-0.4, -0.2) is 18.8 Å². The van der Waals surface area contributed by atoms with Gasteiger partial charge in [-0.2, -0.15) is 0 Å². The largest absolute Gasteiger partial charge is 0.462 e. The molecular weight excluding hydrogens is 182 g/mol. The Morgan fingerprint density at radius 1 is 1.36 bits per heavy atom. The van der Waals surface area contributed by atoms with Gasteiger partial charge in [0.25, 0.3) is 0 Å². The van der Waals surface area contributed by atoms with E-state index in [4.69, 9.17) is 4.84 Å². The molecule has 0 unspecified atom stereocenters. The van der Waals surface area contributed by atoms with Gasteiger partial charge in [0.1, 0.15) is 5.76 Å². The summed E-state index contributed by atoms with van der Waals surface area (Å²) in [4.78, 5) is 15.8. The maximum absolute atomic E-state index is 10.8. The Balaban J connectivity index is 3.99. The fourth-order valence-corrected chi connectivity index (χ4v) is 0.655. The van der Waals surface area contributed by atoms with Gasteiger partial charge in [-0.15, -0.1) is 0 Å². The molecule has 0 rings (SSSR count). The molecule has 0 saturated heterocycles. The number of allylic oxidation sites excluding steroid dienone is 2. The minimum Gasteiger partial charge on any atom is -0.462 e. The molecule has 0 bridgehead atoms. The molecule has 14 heavy (non-hydrogen) atoms. The van der Waals surface area contributed by atoms with Crippen LogP contribution in [0.1, 0.15) is 34.1 Å². The third kappa shape index (κ3) is 5.35. The summed E-state index contributed by atoms with van der Waals surface area (Å²) in [5, 5.41) is 3.50. The van der Waals surface area contributed by atoms with Crippen molar-refractivity contribution >= 4 is 12.2 Å². The van der Waals surface area contributed by atoms with E-state index >= 15 is 0 Å². The molecule has 0 aromatic rings. The summed E-state index contributed by atoms with van der Waals surface area (Å²) in [5.74, 6) is 0.225. The molecule has 0 aliphatic carbocycles. The van der Waals surface area contributed by atoms with Gasteiger partial charge in [-0.25, -0.2) is 4.79 Å². The molecule has 0 radical (unpaired) electrons. The molecule has 0 spiro atoms. The fraction of sp³-hybridized carbons (Fsp3) is 0.600. The van der Waals surface area contributed by atoms with Gasteiger partial charge in [0.2, 0.25) is 0 Å². The molecule has 0 fully saturated rings. The Kier molecular flexibility index (Phi) is 6.45. The van der Waals surface area contributed by atoms with Crippen LogP contribution in [0.15, 0.2) is 16.5 Å². The Morgan fingerprint density at radius 3 is 2.50 bits per heavy atom. The zero-order valence-electron chi connectivity index (χ0n) is 9.16. The molecule has 0 amide bonds. The summed E-state index contributed by atoms with van der Waals surface area (Å²) in [6.07, 6.45) is 1.93. The third-order valence-electron chi connectivity index (χ3n) is 1.77. The van der Waals surface area contributed by atoms with Crippen LogP contribution in [-0.2, 0) is 14.4 Å². The maximum Gasteiger partial charge on any atom is 0.352 e. The van der Waals surface area contributed by atoms with Crippen LogP contribution in [0.5, 0.6) is 0 Å². The van der Waals surface area contributed by atoms with Gasteiger partial charge in [0, 0.05) is 0 Å². The molecule has 0 atom stereocenters. The van der Waals surface area contributed by atoms with E-state index in [1.165, 1.54) is 0 Å². The molecule has 0 aromatic heterocycles. The standard InChI is InChI=1S/C10H17NO3/c1-5-8(3)9(4)14-11-7-10(12)13-6-2/h7H,5-6H2,1-4H3. The molecule has 4 heteroatoms. The average molecular weight is 199 g/mol. The van der Waals surface area contributed by atoms with Crippen molar-refractivity contribution < 1.29 is 14.4 Å². The SMILES string of the molecule is CCOC(=O)C=NOC(C)=C(C)CC. The summed E-state index contributed by atoms with van der Waals surface area (Å²) in [6.45, 7) is 7.86. The highest BCUT2D eigenvalue weighted by atomic mass is 16.6. The van der Waals surface area contributed by atoms with Crippen LogP contribution >= 0.6 is 0 Å². The van der Waals surface area contributed by atoms with Gasteiger partial charge < -0.3 is 9.57 Å². The van der Waals surface area contributed by atoms with Crippen LogP contribution in [0.2, 0.25) is 0 Å². The quantitative estimate of drug-likeness (QED) is 0.295. The zero-order valence-corrected chi connectivity index (χ0v) is 9.16. The average Bonchev–Trinajstić information content (AvgIpc) is 2.16. The van der Waals surface area contributed by atoms with Crippen LogP contribution in [0.3, 0.4) is 0 Å². The first-order chi connectivity index (χ1) is 6.61. The third-order valence-corrected chi connectivity index (χ3v) is 1.77. The lowest BCUT2D eigenvalue weighted by atomic mass is 10.2. The number of carbonyl (C=O) groups is 1. The second kappa shape index (κ2) is 7.12. The van der Waals surface area contributed by atoms with E-state index in [1.807, 2.05) is 13.8 Å². The van der Waals surface area contributed by atoms with Crippen molar-refractivity contribution in [2.75, 3.05) is 6.61 Å². The monoisotopic (exact) mass is 199 g/mol. The van der Waals surface area contributed by atoms with Gasteiger partial charge in [0.15, 0.2) is 6.21 Å². The number of oxime groups is 1. The minimum atomic E-state index is -0.491. The summed E-state index contributed by atoms with van der Waals surface area (Å²) in [7, 11) is 0. The number of hydrogen-bond donors (Lipinski definition) is 0. The van der Waals surface area contributed by atoms with Crippen LogP contribution in [0.25, 0.3) is 0 Å². The van der Waals surface area contributed by atoms with Gasteiger partial charge in [0.05, 0.1) is 6.61 Å². The Morgan fingerprint density at radius 2 is 2.00 bits per heavy atom. The molecule has 80 valence electrons. The predicted octanol–water partition coefficient (Wildman–Crippen LogP) is 2.26. The summed E-state index contributed by atoms with van der Waals surface area (Å²) < 4.78 is 4.63. The molecule has 4 nitrogen and oxygen atoms in total. The molecule has 0 N–H and O–H groups in total. The van der Waals surface area contributed by atoms with Crippen LogP contribution < -0.4 is 0 Å². The zero-order chi connectivity index (χ0) is 11.0. The lowest BCUT2D eigenvalue weighted by molar-refractivity contribution is -0.134. The number of carbonyl (C=O) groups excluding carboxylic acids is 1. The highest BCUT2D eigenvalue weighted by Crippen LogP contribution is 2.07. The first kappa shape index (κ1) is 12.7. The van der Waals surface area contributed by atoms with Crippen molar-refractivity contribution in [3.8, 4) is 0 Å². The van der Waals surface area contributed by atoms with Gasteiger partial charge >= 0.3 is 5.97 Å². The van der Waals surface area contributed by atoms with Crippen molar-refractivity contribution in [2.45, 2.75) is 34.1 Å².